The van der Waals surface area contributed by atoms with E-state index in [0.29, 0.717) is 5.71 Å². The van der Waals surface area contributed by atoms with Crippen LogP contribution < -0.4 is 5.43 Å². The lowest BCUT2D eigenvalue weighted by molar-refractivity contribution is -0.385. The van der Waals surface area contributed by atoms with Crippen molar-refractivity contribution in [2.75, 3.05) is 6.61 Å². The third kappa shape index (κ3) is 3.55. The number of para-hydroxylation sites is 1. The maximum Gasteiger partial charge on any atom is 0.307 e. The van der Waals surface area contributed by atoms with Crippen molar-refractivity contribution in [1.29, 1.82) is 0 Å². The van der Waals surface area contributed by atoms with E-state index in [4.69, 9.17) is 9.47 Å². The van der Waals surface area contributed by atoms with Gasteiger partial charge in [0.2, 0.25) is 0 Å². The molecule has 2 aliphatic rings. The molecule has 3 unspecified atom stereocenters. The summed E-state index contributed by atoms with van der Waals surface area (Å²) in [5, 5.41) is 30.0. The van der Waals surface area contributed by atoms with Gasteiger partial charge in [-0.15, -0.1) is 0 Å². The molecule has 1 amide bonds. The van der Waals surface area contributed by atoms with Gasteiger partial charge in [0, 0.05) is 12.5 Å². The molecule has 2 bridgehead atoms. The summed E-state index contributed by atoms with van der Waals surface area (Å²) in [6.45, 7) is 0.236. The van der Waals surface area contributed by atoms with E-state index < -0.39 is 28.1 Å². The maximum absolute atomic E-state index is 12.4. The number of aromatic nitrogens is 2. The van der Waals surface area contributed by atoms with Crippen LogP contribution in [0.3, 0.4) is 0 Å². The molecule has 3 atom stereocenters. The van der Waals surface area contributed by atoms with Gasteiger partial charge in [0.1, 0.15) is 24.1 Å². The van der Waals surface area contributed by atoms with Crippen molar-refractivity contribution in [1.82, 2.24) is 15.2 Å². The number of nitro groups is 2. The summed E-state index contributed by atoms with van der Waals surface area (Å²) in [4.78, 5) is 33.1. The summed E-state index contributed by atoms with van der Waals surface area (Å²) in [7, 11) is 0. The first-order valence-electron chi connectivity index (χ1n) is 8.50. The van der Waals surface area contributed by atoms with Crippen molar-refractivity contribution in [3.8, 4) is 0 Å². The summed E-state index contributed by atoms with van der Waals surface area (Å²) in [6.07, 6.45) is 1.55. The fraction of sp³-hybridized carbons (Fsp3) is 0.312. The molecule has 2 aromatic rings. The number of amides is 1. The lowest BCUT2D eigenvalue weighted by Crippen LogP contribution is -2.38. The van der Waals surface area contributed by atoms with E-state index in [9.17, 15) is 25.0 Å². The van der Waals surface area contributed by atoms with Gasteiger partial charge in [-0.1, -0.05) is 12.1 Å². The summed E-state index contributed by atoms with van der Waals surface area (Å²) in [5.74, 6) is -0.754. The van der Waals surface area contributed by atoms with Crippen molar-refractivity contribution in [3.05, 3.63) is 62.5 Å². The van der Waals surface area contributed by atoms with Gasteiger partial charge in [0.15, 0.2) is 6.29 Å². The molecule has 3 heterocycles. The highest BCUT2D eigenvalue weighted by atomic mass is 16.7. The van der Waals surface area contributed by atoms with Gasteiger partial charge in [-0.25, -0.2) is 5.43 Å². The fourth-order valence-electron chi connectivity index (χ4n) is 3.21. The Morgan fingerprint density at radius 2 is 2.07 bits per heavy atom. The van der Waals surface area contributed by atoms with Crippen LogP contribution >= 0.6 is 0 Å². The molecule has 13 heteroatoms. The summed E-state index contributed by atoms with van der Waals surface area (Å²) >= 11 is 0. The Hall–Kier alpha value is -3.71. The van der Waals surface area contributed by atoms with E-state index in [0.717, 1.165) is 6.20 Å². The average Bonchev–Trinajstić information content (AvgIpc) is 3.36. The van der Waals surface area contributed by atoms with Crippen LogP contribution in [0.2, 0.25) is 0 Å². The third-order valence-electron chi connectivity index (χ3n) is 4.61. The number of nitro benzene ring substituents is 1. The Morgan fingerprint density at radius 1 is 1.28 bits per heavy atom. The Kier molecular flexibility index (Phi) is 4.74. The van der Waals surface area contributed by atoms with Gasteiger partial charge in [0.05, 0.1) is 28.2 Å². The molecule has 2 fully saturated rings. The number of fused-ring (bicyclic) bond motifs is 2. The normalized spacial score (nSPS) is 24.4. The number of ether oxygens (including phenoxy) is 2. The van der Waals surface area contributed by atoms with E-state index >= 15 is 0 Å². The van der Waals surface area contributed by atoms with Crippen LogP contribution in [0.25, 0.3) is 0 Å². The Balaban J connectivity index is 1.53. The number of rotatable bonds is 5. The largest absolute Gasteiger partial charge is 0.344 e. The number of nitrogens with one attached hydrogen (secondary N) is 1. The first-order valence-corrected chi connectivity index (χ1v) is 8.50. The third-order valence-corrected chi connectivity index (χ3v) is 4.61. The van der Waals surface area contributed by atoms with Crippen LogP contribution in [-0.4, -0.2) is 50.2 Å². The van der Waals surface area contributed by atoms with Gasteiger partial charge in [-0.05, 0) is 6.07 Å². The maximum atomic E-state index is 12.4. The van der Waals surface area contributed by atoms with Crippen molar-refractivity contribution >= 4 is 23.0 Å². The zero-order valence-corrected chi connectivity index (χ0v) is 14.7. The Labute approximate surface area is 162 Å². The van der Waals surface area contributed by atoms with Gasteiger partial charge in [0.25, 0.3) is 11.6 Å². The standard InChI is InChI=1S/C16H14N6O7/c23-15(10-3-1-2-4-12(10)22(26)27)19-18-11-5-13(14-8-28-16(11)29-14)20-7-9(6-17-20)21(24)25/h1-4,6-7,13-14,16H,5,8H2,(H,19,23). The number of hydrazone groups is 1. The van der Waals surface area contributed by atoms with E-state index in [1.165, 1.54) is 35.1 Å². The molecule has 0 spiro atoms. The molecule has 1 N–H and O–H groups in total. The van der Waals surface area contributed by atoms with Crippen LogP contribution in [0, 0.1) is 20.2 Å². The van der Waals surface area contributed by atoms with Gasteiger partial charge in [-0.2, -0.15) is 10.2 Å². The molecule has 150 valence electrons. The second kappa shape index (κ2) is 7.37. The average molecular weight is 402 g/mol. The molecule has 1 aromatic carbocycles. The number of carbonyl (C=O) groups is 1. The molecule has 29 heavy (non-hydrogen) atoms. The van der Waals surface area contributed by atoms with Gasteiger partial charge in [-0.3, -0.25) is 29.7 Å². The minimum absolute atomic E-state index is 0.136. The Bertz CT molecular complexity index is 1020. The van der Waals surface area contributed by atoms with E-state index in [-0.39, 0.29) is 36.1 Å². The van der Waals surface area contributed by atoms with Crippen molar-refractivity contribution < 1.29 is 24.1 Å². The van der Waals surface area contributed by atoms with Gasteiger partial charge >= 0.3 is 5.69 Å². The Morgan fingerprint density at radius 3 is 2.79 bits per heavy atom. The lowest BCUT2D eigenvalue weighted by Gasteiger charge is -2.28. The van der Waals surface area contributed by atoms with Crippen LogP contribution in [0.5, 0.6) is 0 Å². The topological polar surface area (TPSA) is 164 Å². The predicted molar refractivity (Wildman–Crippen MR) is 95.1 cm³/mol. The van der Waals surface area contributed by atoms with E-state index in [2.05, 4.69) is 15.6 Å². The number of hydrogen-bond donors (Lipinski definition) is 1. The quantitative estimate of drug-likeness (QED) is 0.575. The van der Waals surface area contributed by atoms with Crippen molar-refractivity contribution in [3.63, 3.8) is 0 Å². The smallest absolute Gasteiger partial charge is 0.307 e. The predicted octanol–water partition coefficient (Wildman–Crippen LogP) is 1.17. The SMILES string of the molecule is O=C(NN=C1CC(n2cc([N+](=O)[O-])cn2)C2COC1O2)c1ccccc1[N+](=O)[O-]. The minimum atomic E-state index is -0.771. The molecule has 2 saturated heterocycles. The second-order valence-corrected chi connectivity index (χ2v) is 6.37. The highest BCUT2D eigenvalue weighted by Gasteiger charge is 2.43. The zero-order chi connectivity index (χ0) is 20.5. The van der Waals surface area contributed by atoms with E-state index in [1.54, 1.807) is 0 Å². The van der Waals surface area contributed by atoms with Crippen LogP contribution in [0.4, 0.5) is 11.4 Å². The number of carbonyl (C=O) groups excluding carboxylic acids is 1. The molecule has 4 rings (SSSR count). The molecule has 0 radical (unpaired) electrons. The second-order valence-electron chi connectivity index (χ2n) is 6.37. The molecular weight excluding hydrogens is 388 g/mol. The monoisotopic (exact) mass is 402 g/mol. The molecule has 2 aliphatic heterocycles. The van der Waals surface area contributed by atoms with Crippen LogP contribution in [0.1, 0.15) is 22.8 Å². The minimum Gasteiger partial charge on any atom is -0.344 e. The highest BCUT2D eigenvalue weighted by molar-refractivity contribution is 5.99. The van der Waals surface area contributed by atoms with Crippen molar-refractivity contribution in [2.45, 2.75) is 24.9 Å². The molecule has 0 aliphatic carbocycles. The lowest BCUT2D eigenvalue weighted by atomic mass is 10.0. The molecule has 1 aromatic heterocycles. The molecule has 0 saturated carbocycles. The van der Waals surface area contributed by atoms with Crippen LogP contribution in [-0.2, 0) is 9.47 Å². The first-order chi connectivity index (χ1) is 13.9. The van der Waals surface area contributed by atoms with Crippen molar-refractivity contribution in [2.24, 2.45) is 5.10 Å². The summed E-state index contributed by atoms with van der Waals surface area (Å²) < 4.78 is 12.6. The van der Waals surface area contributed by atoms with Gasteiger partial charge < -0.3 is 9.47 Å². The zero-order valence-electron chi connectivity index (χ0n) is 14.7. The number of nitrogens with zero attached hydrogens (tertiary/aromatic N) is 5. The number of benzene rings is 1. The van der Waals surface area contributed by atoms with E-state index in [1.807, 2.05) is 0 Å². The molecule has 13 nitrogen and oxygen atoms in total. The fourth-order valence-corrected chi connectivity index (χ4v) is 3.21. The molecular formula is C16H14N6O7. The summed E-state index contributed by atoms with van der Waals surface area (Å²) in [6, 6.07) is 5.08. The first kappa shape index (κ1) is 18.6. The summed E-state index contributed by atoms with van der Waals surface area (Å²) in [5.41, 5.74) is 1.99. The van der Waals surface area contributed by atoms with Crippen LogP contribution in [0.15, 0.2) is 41.8 Å². The number of hydrogen-bond acceptors (Lipinski definition) is 9. The highest BCUT2D eigenvalue weighted by Crippen LogP contribution is 2.33.